The number of benzene rings is 2. The highest BCUT2D eigenvalue weighted by Gasteiger charge is 2.11. The fraction of sp³-hybridized carbons (Fsp3) is 0.250. The Labute approximate surface area is 192 Å². The van der Waals surface area contributed by atoms with Crippen LogP contribution in [-0.2, 0) is 6.54 Å². The summed E-state index contributed by atoms with van der Waals surface area (Å²) in [5, 5.41) is 7.88. The summed E-state index contributed by atoms with van der Waals surface area (Å²) in [6.07, 6.45) is 0. The molecular formula is C20H23ClIN5O2. The van der Waals surface area contributed by atoms with Gasteiger partial charge in [-0.3, -0.25) is 4.99 Å². The van der Waals surface area contributed by atoms with Gasteiger partial charge in [0, 0.05) is 24.7 Å². The third-order valence-corrected chi connectivity index (χ3v) is 4.23. The Balaban J connectivity index is 0.00000300. The number of aliphatic imine (C=N–C) groups is 1. The Morgan fingerprint density at radius 3 is 2.59 bits per heavy atom. The summed E-state index contributed by atoms with van der Waals surface area (Å²) >= 11 is 5.90. The van der Waals surface area contributed by atoms with Crippen molar-refractivity contribution in [2.24, 2.45) is 4.99 Å². The second-order valence-corrected chi connectivity index (χ2v) is 6.44. The lowest BCUT2D eigenvalue weighted by molar-refractivity contribution is 0.280. The summed E-state index contributed by atoms with van der Waals surface area (Å²) in [7, 11) is 3.67. The van der Waals surface area contributed by atoms with E-state index in [2.05, 4.69) is 20.4 Å². The minimum atomic E-state index is 0. The van der Waals surface area contributed by atoms with Gasteiger partial charge in [0.2, 0.25) is 11.7 Å². The summed E-state index contributed by atoms with van der Waals surface area (Å²) in [5.41, 5.74) is 0.846. The summed E-state index contributed by atoms with van der Waals surface area (Å²) < 4.78 is 11.0. The largest absolute Gasteiger partial charge is 0.492 e. The molecule has 0 atom stereocenters. The van der Waals surface area contributed by atoms with E-state index >= 15 is 0 Å². The summed E-state index contributed by atoms with van der Waals surface area (Å²) in [5.74, 6) is 2.55. The van der Waals surface area contributed by atoms with E-state index in [0.29, 0.717) is 42.4 Å². The molecule has 0 unspecified atom stereocenters. The standard InChI is InChI=1S/C20H22ClN5O2.HI/c1-22-20(26(2)12-13-27-17-6-4-3-5-7-17)23-14-18-24-19(25-28-18)15-8-10-16(21)11-9-15;/h3-11H,12-14H2,1-2H3,(H,22,23);1H. The molecule has 0 aliphatic heterocycles. The minimum Gasteiger partial charge on any atom is -0.492 e. The van der Waals surface area contributed by atoms with Gasteiger partial charge in [0.25, 0.3) is 0 Å². The molecule has 0 saturated carbocycles. The summed E-state index contributed by atoms with van der Waals surface area (Å²) in [6.45, 7) is 1.59. The normalized spacial score (nSPS) is 10.9. The van der Waals surface area contributed by atoms with E-state index in [1.807, 2.05) is 54.4 Å². The van der Waals surface area contributed by atoms with E-state index in [-0.39, 0.29) is 24.0 Å². The van der Waals surface area contributed by atoms with Crippen molar-refractivity contribution in [2.75, 3.05) is 27.2 Å². The highest BCUT2D eigenvalue weighted by Crippen LogP contribution is 2.18. The molecule has 3 aromatic rings. The van der Waals surface area contributed by atoms with Crippen LogP contribution in [0, 0.1) is 0 Å². The first-order chi connectivity index (χ1) is 13.7. The van der Waals surface area contributed by atoms with Gasteiger partial charge in [-0.15, -0.1) is 24.0 Å². The van der Waals surface area contributed by atoms with Crippen LogP contribution in [-0.4, -0.2) is 48.2 Å². The van der Waals surface area contributed by atoms with Crippen LogP contribution in [0.4, 0.5) is 0 Å². The highest BCUT2D eigenvalue weighted by molar-refractivity contribution is 14.0. The zero-order chi connectivity index (χ0) is 19.8. The Morgan fingerprint density at radius 2 is 1.90 bits per heavy atom. The average molecular weight is 528 g/mol. The van der Waals surface area contributed by atoms with E-state index in [9.17, 15) is 0 Å². The van der Waals surface area contributed by atoms with E-state index < -0.39 is 0 Å². The van der Waals surface area contributed by atoms with Gasteiger partial charge < -0.3 is 19.5 Å². The second kappa shape index (κ2) is 11.6. The molecule has 3 rings (SSSR count). The first kappa shape index (κ1) is 23.0. The molecule has 0 spiro atoms. The van der Waals surface area contributed by atoms with Gasteiger partial charge in [-0.05, 0) is 36.4 Å². The van der Waals surface area contributed by atoms with Crippen molar-refractivity contribution in [2.45, 2.75) is 6.54 Å². The topological polar surface area (TPSA) is 75.8 Å². The fourth-order valence-corrected chi connectivity index (χ4v) is 2.63. The van der Waals surface area contributed by atoms with Crippen LogP contribution in [0.2, 0.25) is 5.02 Å². The second-order valence-electron chi connectivity index (χ2n) is 6.00. The number of hydrogen-bond acceptors (Lipinski definition) is 5. The molecule has 0 aliphatic rings. The monoisotopic (exact) mass is 527 g/mol. The zero-order valence-corrected chi connectivity index (χ0v) is 19.3. The summed E-state index contributed by atoms with van der Waals surface area (Å²) in [6, 6.07) is 17.0. The van der Waals surface area contributed by atoms with Gasteiger partial charge in [-0.1, -0.05) is 35.0 Å². The van der Waals surface area contributed by atoms with Crippen LogP contribution < -0.4 is 10.1 Å². The van der Waals surface area contributed by atoms with Crippen molar-refractivity contribution in [3.05, 3.63) is 65.5 Å². The van der Waals surface area contributed by atoms with Crippen molar-refractivity contribution >= 4 is 41.5 Å². The summed E-state index contributed by atoms with van der Waals surface area (Å²) in [4.78, 5) is 10.6. The molecule has 29 heavy (non-hydrogen) atoms. The number of halogens is 2. The Bertz CT molecular complexity index is 903. The lowest BCUT2D eigenvalue weighted by Gasteiger charge is -2.21. The molecule has 0 amide bonds. The van der Waals surface area contributed by atoms with Gasteiger partial charge in [-0.2, -0.15) is 4.98 Å². The van der Waals surface area contributed by atoms with Crippen LogP contribution >= 0.6 is 35.6 Å². The van der Waals surface area contributed by atoms with Gasteiger partial charge in [0.15, 0.2) is 5.96 Å². The van der Waals surface area contributed by atoms with Gasteiger partial charge >= 0.3 is 0 Å². The number of likely N-dealkylation sites (N-methyl/N-ethyl adjacent to an activating group) is 1. The fourth-order valence-electron chi connectivity index (χ4n) is 2.51. The molecule has 0 aliphatic carbocycles. The number of guanidine groups is 1. The van der Waals surface area contributed by atoms with Crippen LogP contribution in [0.1, 0.15) is 5.89 Å². The number of nitrogens with zero attached hydrogens (tertiary/aromatic N) is 4. The molecule has 9 heteroatoms. The molecular weight excluding hydrogens is 505 g/mol. The molecule has 1 heterocycles. The smallest absolute Gasteiger partial charge is 0.246 e. The van der Waals surface area contributed by atoms with Crippen LogP contribution in [0.15, 0.2) is 64.1 Å². The number of ether oxygens (including phenoxy) is 1. The molecule has 0 fully saturated rings. The molecule has 0 bridgehead atoms. The molecule has 154 valence electrons. The maximum Gasteiger partial charge on any atom is 0.246 e. The minimum absolute atomic E-state index is 0. The Morgan fingerprint density at radius 1 is 1.17 bits per heavy atom. The molecule has 1 aromatic heterocycles. The van der Waals surface area contributed by atoms with Gasteiger partial charge in [0.05, 0.1) is 13.1 Å². The third-order valence-electron chi connectivity index (χ3n) is 3.98. The number of hydrogen-bond donors (Lipinski definition) is 1. The highest BCUT2D eigenvalue weighted by atomic mass is 127. The van der Waals surface area contributed by atoms with Crippen molar-refractivity contribution in [1.82, 2.24) is 20.4 Å². The van der Waals surface area contributed by atoms with Crippen molar-refractivity contribution in [3.63, 3.8) is 0 Å². The maximum absolute atomic E-state index is 5.90. The van der Waals surface area contributed by atoms with E-state index in [0.717, 1.165) is 11.3 Å². The quantitative estimate of drug-likeness (QED) is 0.283. The average Bonchev–Trinajstić information content (AvgIpc) is 3.19. The van der Waals surface area contributed by atoms with Crippen LogP contribution in [0.5, 0.6) is 5.75 Å². The Kier molecular flexibility index (Phi) is 9.20. The molecule has 2 aromatic carbocycles. The third kappa shape index (κ3) is 6.90. The van der Waals surface area contributed by atoms with E-state index in [4.69, 9.17) is 20.9 Å². The lowest BCUT2D eigenvalue weighted by Crippen LogP contribution is -2.40. The Hall–Kier alpha value is -2.33. The van der Waals surface area contributed by atoms with Gasteiger partial charge in [-0.25, -0.2) is 0 Å². The SMILES string of the molecule is CN=C(NCc1nc(-c2ccc(Cl)cc2)no1)N(C)CCOc1ccccc1.I. The van der Waals surface area contributed by atoms with Crippen LogP contribution in [0.3, 0.4) is 0 Å². The molecule has 1 N–H and O–H groups in total. The maximum atomic E-state index is 5.90. The predicted molar refractivity (Wildman–Crippen MR) is 125 cm³/mol. The van der Waals surface area contributed by atoms with Crippen molar-refractivity contribution in [1.29, 1.82) is 0 Å². The van der Waals surface area contributed by atoms with Gasteiger partial charge in [0.1, 0.15) is 12.4 Å². The van der Waals surface area contributed by atoms with Crippen molar-refractivity contribution < 1.29 is 9.26 Å². The number of aromatic nitrogens is 2. The first-order valence-electron chi connectivity index (χ1n) is 8.84. The molecule has 0 saturated heterocycles. The number of rotatable bonds is 7. The number of para-hydroxylation sites is 1. The first-order valence-corrected chi connectivity index (χ1v) is 9.21. The van der Waals surface area contributed by atoms with Crippen LogP contribution in [0.25, 0.3) is 11.4 Å². The predicted octanol–water partition coefficient (Wildman–Crippen LogP) is 4.09. The molecule has 7 nitrogen and oxygen atoms in total. The number of nitrogens with one attached hydrogen (secondary N) is 1. The van der Waals surface area contributed by atoms with Crippen molar-refractivity contribution in [3.8, 4) is 17.1 Å². The molecule has 0 radical (unpaired) electrons. The van der Waals surface area contributed by atoms with E-state index in [1.165, 1.54) is 0 Å². The van der Waals surface area contributed by atoms with E-state index in [1.54, 1.807) is 19.2 Å². The lowest BCUT2D eigenvalue weighted by atomic mass is 10.2. The zero-order valence-electron chi connectivity index (χ0n) is 16.2.